The van der Waals surface area contributed by atoms with Gasteiger partial charge in [0, 0.05) is 17.3 Å². The smallest absolute Gasteiger partial charge is 0.220 e. The van der Waals surface area contributed by atoms with Crippen molar-refractivity contribution in [3.8, 4) is 0 Å². The van der Waals surface area contributed by atoms with Gasteiger partial charge in [-0.15, -0.1) is 0 Å². The highest BCUT2D eigenvalue weighted by molar-refractivity contribution is 8.23. The highest BCUT2D eigenvalue weighted by Gasteiger charge is 2.44. The van der Waals surface area contributed by atoms with Crippen LogP contribution in [0.1, 0.15) is 72.3 Å². The lowest BCUT2D eigenvalue weighted by molar-refractivity contribution is -0.0150. The average molecular weight is 424 g/mol. The summed E-state index contributed by atoms with van der Waals surface area (Å²) in [5, 5.41) is 10.7. The van der Waals surface area contributed by atoms with Crippen LogP contribution < -0.4 is 0 Å². The molecule has 1 saturated heterocycles. The lowest BCUT2D eigenvalue weighted by Gasteiger charge is -2.46. The third kappa shape index (κ3) is 5.94. The molecule has 0 saturated carbocycles. The van der Waals surface area contributed by atoms with E-state index in [-0.39, 0.29) is 22.4 Å². The number of aliphatic hydroxyl groups is 1. The zero-order chi connectivity index (χ0) is 20.9. The second-order valence-electron chi connectivity index (χ2n) is 9.09. The van der Waals surface area contributed by atoms with Gasteiger partial charge in [0.15, 0.2) is 0 Å². The molecule has 1 aromatic carbocycles. The van der Waals surface area contributed by atoms with Crippen LogP contribution in [0.25, 0.3) is 0 Å². The minimum atomic E-state index is -0.367. The number of thioether (sulfide) groups is 1. The minimum Gasteiger partial charge on any atom is -0.479 e. The van der Waals surface area contributed by atoms with Crippen LogP contribution in [-0.4, -0.2) is 44.6 Å². The van der Waals surface area contributed by atoms with Crippen molar-refractivity contribution >= 4 is 28.4 Å². The molecule has 0 aromatic heterocycles. The fraction of sp³-hybridized carbons (Fsp3) is 0.696. The maximum atomic E-state index is 10.7. The lowest BCUT2D eigenvalue weighted by atomic mass is 9.70. The number of ether oxygens (including phenoxy) is 1. The Labute approximate surface area is 181 Å². The second-order valence-corrected chi connectivity index (χ2v) is 11.3. The topological polar surface area (TPSA) is 32.7 Å². The van der Waals surface area contributed by atoms with Crippen LogP contribution >= 0.6 is 24.0 Å². The Hall–Kier alpha value is -0.620. The third-order valence-corrected chi connectivity index (χ3v) is 7.71. The normalized spacial score (nSPS) is 20.8. The van der Waals surface area contributed by atoms with Gasteiger partial charge in [0.25, 0.3) is 0 Å². The molecule has 0 amide bonds. The molecule has 2 rings (SSSR count). The monoisotopic (exact) mass is 423 g/mol. The van der Waals surface area contributed by atoms with E-state index in [1.54, 1.807) is 11.8 Å². The minimum absolute atomic E-state index is 0.0688. The van der Waals surface area contributed by atoms with Gasteiger partial charge in [-0.3, -0.25) is 4.90 Å². The predicted molar refractivity (Wildman–Crippen MR) is 125 cm³/mol. The van der Waals surface area contributed by atoms with Crippen LogP contribution in [0.3, 0.4) is 0 Å². The molecule has 5 heteroatoms. The summed E-state index contributed by atoms with van der Waals surface area (Å²) in [4.78, 5) is 2.29. The maximum Gasteiger partial charge on any atom is 0.220 e. The number of hydrogen-bond donors (Lipinski definition) is 1. The Morgan fingerprint density at radius 2 is 1.93 bits per heavy atom. The summed E-state index contributed by atoms with van der Waals surface area (Å²) in [6.45, 7) is 15.0. The molecule has 1 fully saturated rings. The highest BCUT2D eigenvalue weighted by atomic mass is 32.2. The Balaban J connectivity index is 2.27. The molecule has 0 radical (unpaired) electrons. The van der Waals surface area contributed by atoms with Gasteiger partial charge in [-0.05, 0) is 69.1 Å². The van der Waals surface area contributed by atoms with Crippen molar-refractivity contribution in [2.24, 2.45) is 5.41 Å². The van der Waals surface area contributed by atoms with Crippen LogP contribution in [0, 0.1) is 5.41 Å². The molecule has 1 aliphatic rings. The average Bonchev–Trinajstić information content (AvgIpc) is 3.05. The predicted octanol–water partition coefficient (Wildman–Crippen LogP) is 5.82. The maximum absolute atomic E-state index is 10.7. The van der Waals surface area contributed by atoms with E-state index in [2.05, 4.69) is 69.9 Å². The molecule has 3 nitrogen and oxygen atoms in total. The summed E-state index contributed by atoms with van der Waals surface area (Å²) in [7, 11) is 0. The molecule has 158 valence electrons. The van der Waals surface area contributed by atoms with Crippen LogP contribution in [0.5, 0.6) is 0 Å². The van der Waals surface area contributed by atoms with Gasteiger partial charge in [-0.25, -0.2) is 0 Å². The Morgan fingerprint density at radius 3 is 2.46 bits per heavy atom. The van der Waals surface area contributed by atoms with Crippen LogP contribution in [0.4, 0.5) is 0 Å². The fourth-order valence-electron chi connectivity index (χ4n) is 4.20. The van der Waals surface area contributed by atoms with E-state index in [4.69, 9.17) is 17.0 Å². The summed E-state index contributed by atoms with van der Waals surface area (Å²) in [5.41, 5.74) is 1.43. The summed E-state index contributed by atoms with van der Waals surface area (Å²) in [6.07, 6.45) is 2.51. The van der Waals surface area contributed by atoms with Crippen LogP contribution in [0.2, 0.25) is 0 Å². The first kappa shape index (κ1) is 23.7. The first-order valence-electron chi connectivity index (χ1n) is 10.4. The van der Waals surface area contributed by atoms with E-state index in [0.29, 0.717) is 16.9 Å². The van der Waals surface area contributed by atoms with Gasteiger partial charge >= 0.3 is 0 Å². The summed E-state index contributed by atoms with van der Waals surface area (Å²) in [5.74, 6) is 0.413. The van der Waals surface area contributed by atoms with Gasteiger partial charge < -0.3 is 9.84 Å². The third-order valence-electron chi connectivity index (χ3n) is 6.26. The summed E-state index contributed by atoms with van der Waals surface area (Å²) in [6, 6.07) is 10.9. The Bertz CT molecular complexity index is 633. The van der Waals surface area contributed by atoms with Gasteiger partial charge in [0.05, 0.1) is 6.61 Å². The number of aliphatic hydroxyl groups excluding tert-OH is 1. The van der Waals surface area contributed by atoms with Crippen molar-refractivity contribution in [3.05, 3.63) is 35.9 Å². The first-order valence-corrected chi connectivity index (χ1v) is 11.7. The first-order chi connectivity index (χ1) is 13.1. The van der Waals surface area contributed by atoms with Gasteiger partial charge in [0.1, 0.15) is 6.23 Å². The molecule has 1 aliphatic heterocycles. The van der Waals surface area contributed by atoms with Gasteiger partial charge in [0.2, 0.25) is 4.38 Å². The molecular formula is C23H37NO2S2. The zero-order valence-corrected chi connectivity index (χ0v) is 19.9. The molecule has 1 N–H and O–H groups in total. The van der Waals surface area contributed by atoms with E-state index in [1.807, 2.05) is 6.92 Å². The fourth-order valence-corrected chi connectivity index (χ4v) is 5.92. The molecule has 3 atom stereocenters. The Morgan fingerprint density at radius 1 is 1.29 bits per heavy atom. The standard InChI is InChI=1S/C23H37NO2S2/c1-7-26-21(27)28-23(5,6)19(24-15-11-14-20(24)25)16-22(3,4)17(2)18-12-9-8-10-13-18/h8-10,12-13,17,19-20,25H,7,11,14-16H2,1-6H3. The number of likely N-dealkylation sites (tertiary alicyclic amines) is 1. The quantitative estimate of drug-likeness (QED) is 0.533. The number of nitrogens with zero attached hydrogens (tertiary/aromatic N) is 1. The van der Waals surface area contributed by atoms with Crippen LogP contribution in [-0.2, 0) is 4.74 Å². The summed E-state index contributed by atoms with van der Waals surface area (Å²) < 4.78 is 6.01. The Kier molecular flexibility index (Phi) is 8.38. The highest BCUT2D eigenvalue weighted by Crippen LogP contribution is 2.45. The number of hydrogen-bond acceptors (Lipinski definition) is 5. The van der Waals surface area contributed by atoms with E-state index >= 15 is 0 Å². The van der Waals surface area contributed by atoms with Crippen molar-refractivity contribution < 1.29 is 9.84 Å². The van der Waals surface area contributed by atoms with Crippen LogP contribution in [0.15, 0.2) is 30.3 Å². The van der Waals surface area contributed by atoms with Crippen molar-refractivity contribution in [2.75, 3.05) is 13.2 Å². The van der Waals surface area contributed by atoms with Gasteiger partial charge in [-0.2, -0.15) is 0 Å². The largest absolute Gasteiger partial charge is 0.479 e. The lowest BCUT2D eigenvalue weighted by Crippen LogP contribution is -2.52. The molecule has 1 heterocycles. The van der Waals surface area contributed by atoms with E-state index in [0.717, 1.165) is 25.8 Å². The van der Waals surface area contributed by atoms with Crippen molar-refractivity contribution in [3.63, 3.8) is 0 Å². The molecule has 28 heavy (non-hydrogen) atoms. The van der Waals surface area contributed by atoms with Crippen molar-refractivity contribution in [2.45, 2.75) is 83.7 Å². The van der Waals surface area contributed by atoms with Gasteiger partial charge in [-0.1, -0.05) is 62.9 Å². The summed E-state index contributed by atoms with van der Waals surface area (Å²) >= 11 is 7.08. The molecule has 0 bridgehead atoms. The zero-order valence-electron chi connectivity index (χ0n) is 18.3. The number of thiocarbonyl (C=S) groups is 1. The van der Waals surface area contributed by atoms with Crippen molar-refractivity contribution in [1.29, 1.82) is 0 Å². The number of rotatable bonds is 8. The second kappa shape index (κ2) is 9.92. The van der Waals surface area contributed by atoms with E-state index < -0.39 is 0 Å². The molecule has 0 aliphatic carbocycles. The van der Waals surface area contributed by atoms with E-state index in [9.17, 15) is 5.11 Å². The SMILES string of the molecule is CCOC(=S)SC(C)(C)C(CC(C)(C)C(C)c1ccccc1)N1CCCC1O. The molecule has 1 aromatic rings. The number of benzene rings is 1. The van der Waals surface area contributed by atoms with Crippen molar-refractivity contribution in [1.82, 2.24) is 4.90 Å². The molecular weight excluding hydrogens is 386 g/mol. The van der Waals surface area contributed by atoms with E-state index in [1.165, 1.54) is 5.56 Å². The molecule has 0 spiro atoms. The molecule has 3 unspecified atom stereocenters.